The Balaban J connectivity index is 1.92. The second kappa shape index (κ2) is 6.06. The number of anilines is 1. The minimum Gasteiger partial charge on any atom is -0.328 e. The first-order valence-corrected chi connectivity index (χ1v) is 6.92. The topological polar surface area (TPSA) is 58.4 Å². The van der Waals surface area contributed by atoms with Gasteiger partial charge in [-0.1, -0.05) is 12.1 Å². The Morgan fingerprint density at radius 1 is 1.32 bits per heavy atom. The fraction of sp³-hybridized carbons (Fsp3) is 0.533. The molecule has 104 valence electrons. The number of nitrogens with zero attached hydrogens (tertiary/aromatic N) is 1. The van der Waals surface area contributed by atoms with Gasteiger partial charge in [-0.15, -0.1) is 0 Å². The summed E-state index contributed by atoms with van der Waals surface area (Å²) in [7, 11) is 1.87. The molecule has 0 spiro atoms. The molecule has 3 N–H and O–H groups in total. The molecule has 1 aliphatic carbocycles. The quantitative estimate of drug-likeness (QED) is 0.860. The number of benzene rings is 1. The van der Waals surface area contributed by atoms with Crippen LogP contribution in [0.25, 0.3) is 0 Å². The van der Waals surface area contributed by atoms with Gasteiger partial charge < -0.3 is 16.0 Å². The third kappa shape index (κ3) is 3.70. The number of nitrogens with one attached hydrogen (secondary N) is 1. The molecule has 0 atom stereocenters. The van der Waals surface area contributed by atoms with Crippen LogP contribution in [0.2, 0.25) is 0 Å². The third-order valence-corrected chi connectivity index (χ3v) is 3.88. The van der Waals surface area contributed by atoms with Gasteiger partial charge >= 0.3 is 6.03 Å². The first-order chi connectivity index (χ1) is 9.06. The zero-order chi connectivity index (χ0) is 13.8. The molecule has 0 bridgehead atoms. The third-order valence-electron chi connectivity index (χ3n) is 3.88. The summed E-state index contributed by atoms with van der Waals surface area (Å²) in [5.74, 6) is 0. The Labute approximate surface area is 115 Å². The molecule has 0 saturated heterocycles. The van der Waals surface area contributed by atoms with Crippen LogP contribution in [0, 0.1) is 6.92 Å². The first kappa shape index (κ1) is 13.9. The molecule has 0 aromatic heterocycles. The number of amides is 2. The zero-order valence-electron chi connectivity index (χ0n) is 11.7. The largest absolute Gasteiger partial charge is 0.328 e. The second-order valence-electron chi connectivity index (χ2n) is 5.48. The van der Waals surface area contributed by atoms with E-state index >= 15 is 0 Å². The Morgan fingerprint density at radius 2 is 2.00 bits per heavy atom. The van der Waals surface area contributed by atoms with Gasteiger partial charge in [-0.05, 0) is 50.3 Å². The van der Waals surface area contributed by atoms with Crippen molar-refractivity contribution in [1.29, 1.82) is 0 Å². The number of carbonyl (C=O) groups is 1. The van der Waals surface area contributed by atoms with Gasteiger partial charge in [0, 0.05) is 24.8 Å². The predicted octanol–water partition coefficient (Wildman–Crippen LogP) is 2.73. The number of rotatable bonds is 2. The van der Waals surface area contributed by atoms with E-state index in [0.717, 1.165) is 36.9 Å². The molecule has 1 fully saturated rings. The minimum atomic E-state index is -0.0360. The van der Waals surface area contributed by atoms with Crippen LogP contribution in [0.4, 0.5) is 10.5 Å². The summed E-state index contributed by atoms with van der Waals surface area (Å²) in [5, 5.41) is 2.95. The highest BCUT2D eigenvalue weighted by atomic mass is 16.2. The van der Waals surface area contributed by atoms with E-state index in [0.29, 0.717) is 12.1 Å². The Bertz CT molecular complexity index is 439. The molecule has 1 aromatic carbocycles. The maximum atomic E-state index is 12.2. The summed E-state index contributed by atoms with van der Waals surface area (Å²) in [4.78, 5) is 14.0. The summed E-state index contributed by atoms with van der Waals surface area (Å²) < 4.78 is 0. The molecule has 1 saturated carbocycles. The van der Waals surface area contributed by atoms with Crippen molar-refractivity contribution in [2.75, 3.05) is 12.4 Å². The minimum absolute atomic E-state index is 0.0360. The van der Waals surface area contributed by atoms with Crippen molar-refractivity contribution in [1.82, 2.24) is 4.90 Å². The average molecular weight is 261 g/mol. The van der Waals surface area contributed by atoms with E-state index in [9.17, 15) is 4.79 Å². The zero-order valence-corrected chi connectivity index (χ0v) is 11.7. The van der Waals surface area contributed by atoms with Gasteiger partial charge in [0.15, 0.2) is 0 Å². The molecule has 4 heteroatoms. The molecule has 4 nitrogen and oxygen atoms in total. The van der Waals surface area contributed by atoms with Crippen LogP contribution in [-0.4, -0.2) is 30.1 Å². The molecule has 0 radical (unpaired) electrons. The van der Waals surface area contributed by atoms with E-state index in [1.165, 1.54) is 0 Å². The number of urea groups is 1. The van der Waals surface area contributed by atoms with Crippen molar-refractivity contribution >= 4 is 11.7 Å². The van der Waals surface area contributed by atoms with E-state index in [4.69, 9.17) is 5.73 Å². The summed E-state index contributed by atoms with van der Waals surface area (Å²) in [5.41, 5.74) is 7.89. The van der Waals surface area contributed by atoms with Gasteiger partial charge in [-0.3, -0.25) is 0 Å². The predicted molar refractivity (Wildman–Crippen MR) is 78.2 cm³/mol. The lowest BCUT2D eigenvalue weighted by Crippen LogP contribution is -2.43. The molecule has 0 heterocycles. The van der Waals surface area contributed by atoms with Crippen molar-refractivity contribution < 1.29 is 4.79 Å². The lowest BCUT2D eigenvalue weighted by atomic mass is 9.91. The number of hydrogen-bond acceptors (Lipinski definition) is 2. The highest BCUT2D eigenvalue weighted by Crippen LogP contribution is 2.22. The van der Waals surface area contributed by atoms with Crippen molar-refractivity contribution in [3.8, 4) is 0 Å². The maximum absolute atomic E-state index is 12.2. The number of nitrogens with two attached hydrogens (primary N) is 1. The molecule has 2 amide bonds. The van der Waals surface area contributed by atoms with Gasteiger partial charge in [-0.25, -0.2) is 4.79 Å². The Hall–Kier alpha value is -1.55. The Morgan fingerprint density at radius 3 is 2.63 bits per heavy atom. The molecule has 2 rings (SSSR count). The summed E-state index contributed by atoms with van der Waals surface area (Å²) in [6.45, 7) is 2.02. The first-order valence-electron chi connectivity index (χ1n) is 6.92. The van der Waals surface area contributed by atoms with E-state index in [-0.39, 0.29) is 6.03 Å². The molecular weight excluding hydrogens is 238 g/mol. The highest BCUT2D eigenvalue weighted by Gasteiger charge is 2.24. The van der Waals surface area contributed by atoms with E-state index in [1.807, 2.05) is 43.1 Å². The van der Waals surface area contributed by atoms with Crippen LogP contribution >= 0.6 is 0 Å². The van der Waals surface area contributed by atoms with Crippen molar-refractivity contribution in [3.63, 3.8) is 0 Å². The van der Waals surface area contributed by atoms with E-state index in [1.54, 1.807) is 0 Å². The number of aryl methyl sites for hydroxylation is 1. The standard InChI is InChI=1S/C15H23N3O/c1-11-4-3-5-13(10-11)17-15(19)18(2)14-8-6-12(16)7-9-14/h3-5,10,12,14H,6-9,16H2,1-2H3,(H,17,19). The molecule has 19 heavy (non-hydrogen) atoms. The normalized spacial score (nSPS) is 22.9. The van der Waals surface area contributed by atoms with Crippen LogP contribution in [0.5, 0.6) is 0 Å². The molecule has 1 aliphatic rings. The average Bonchev–Trinajstić information content (AvgIpc) is 2.39. The monoisotopic (exact) mass is 261 g/mol. The van der Waals surface area contributed by atoms with Gasteiger partial charge in [0.2, 0.25) is 0 Å². The van der Waals surface area contributed by atoms with Crippen LogP contribution in [0.3, 0.4) is 0 Å². The number of carbonyl (C=O) groups excluding carboxylic acids is 1. The summed E-state index contributed by atoms with van der Waals surface area (Å²) in [6, 6.07) is 8.44. The van der Waals surface area contributed by atoms with Gasteiger partial charge in [0.05, 0.1) is 0 Å². The van der Waals surface area contributed by atoms with Crippen LogP contribution in [0.1, 0.15) is 31.2 Å². The lowest BCUT2D eigenvalue weighted by Gasteiger charge is -2.33. The Kier molecular flexibility index (Phi) is 4.43. The number of hydrogen-bond donors (Lipinski definition) is 2. The smallest absolute Gasteiger partial charge is 0.321 e. The lowest BCUT2D eigenvalue weighted by molar-refractivity contribution is 0.182. The summed E-state index contributed by atoms with van der Waals surface area (Å²) in [6.07, 6.45) is 4.01. The molecule has 1 aromatic rings. The van der Waals surface area contributed by atoms with Gasteiger partial charge in [-0.2, -0.15) is 0 Å². The molecule has 0 unspecified atom stereocenters. The van der Waals surface area contributed by atoms with Crippen molar-refractivity contribution in [2.45, 2.75) is 44.7 Å². The maximum Gasteiger partial charge on any atom is 0.321 e. The molecule has 0 aliphatic heterocycles. The van der Waals surface area contributed by atoms with Crippen molar-refractivity contribution in [2.24, 2.45) is 5.73 Å². The SMILES string of the molecule is Cc1cccc(NC(=O)N(C)C2CCC(N)CC2)c1. The van der Waals surface area contributed by atoms with Gasteiger partial charge in [0.25, 0.3) is 0 Å². The van der Waals surface area contributed by atoms with E-state index in [2.05, 4.69) is 5.32 Å². The fourth-order valence-electron chi connectivity index (χ4n) is 2.59. The highest BCUT2D eigenvalue weighted by molar-refractivity contribution is 5.89. The van der Waals surface area contributed by atoms with Crippen LogP contribution in [0.15, 0.2) is 24.3 Å². The van der Waals surface area contributed by atoms with Crippen LogP contribution in [-0.2, 0) is 0 Å². The van der Waals surface area contributed by atoms with Gasteiger partial charge in [0.1, 0.15) is 0 Å². The van der Waals surface area contributed by atoms with E-state index < -0.39 is 0 Å². The van der Waals surface area contributed by atoms with Crippen molar-refractivity contribution in [3.05, 3.63) is 29.8 Å². The second-order valence-corrected chi connectivity index (χ2v) is 5.48. The molecular formula is C15H23N3O. The summed E-state index contributed by atoms with van der Waals surface area (Å²) >= 11 is 0. The van der Waals surface area contributed by atoms with Crippen LogP contribution < -0.4 is 11.1 Å². The fourth-order valence-corrected chi connectivity index (χ4v) is 2.59.